The first-order chi connectivity index (χ1) is 16.6. The SMILES string of the molecule is N#Cc1ccc(Cl)cc1[C@H]1C[C@@H](NC(=O)c2cnn([C@@H]3CCc4cc(N5CCC5)ncc43)c2)C1. The average molecular weight is 473 g/mol. The van der Waals surface area contributed by atoms with Gasteiger partial charge < -0.3 is 10.2 Å². The number of hydrogen-bond donors (Lipinski definition) is 1. The summed E-state index contributed by atoms with van der Waals surface area (Å²) in [6.07, 6.45) is 10.3. The molecule has 2 aromatic heterocycles. The van der Waals surface area contributed by atoms with Crippen LogP contribution in [0.15, 0.2) is 42.9 Å². The molecule has 0 radical (unpaired) electrons. The summed E-state index contributed by atoms with van der Waals surface area (Å²) >= 11 is 6.12. The summed E-state index contributed by atoms with van der Waals surface area (Å²) in [5.41, 5.74) is 4.74. The first kappa shape index (κ1) is 21.2. The molecule has 8 heteroatoms. The van der Waals surface area contributed by atoms with Gasteiger partial charge in [-0.2, -0.15) is 10.4 Å². The number of halogens is 1. The van der Waals surface area contributed by atoms with E-state index in [0.29, 0.717) is 16.1 Å². The van der Waals surface area contributed by atoms with E-state index in [0.717, 1.165) is 50.2 Å². The second-order valence-corrected chi connectivity index (χ2v) is 9.96. The molecule has 3 aliphatic rings. The Balaban J connectivity index is 1.09. The van der Waals surface area contributed by atoms with Crippen LogP contribution in [0, 0.1) is 11.3 Å². The van der Waals surface area contributed by atoms with Gasteiger partial charge in [-0.15, -0.1) is 0 Å². The molecule has 3 heterocycles. The van der Waals surface area contributed by atoms with Gasteiger partial charge in [0.2, 0.25) is 0 Å². The molecule has 6 rings (SSSR count). The molecule has 2 aliphatic carbocycles. The fourth-order valence-corrected chi connectivity index (χ4v) is 5.49. The van der Waals surface area contributed by atoms with Crippen molar-refractivity contribution < 1.29 is 4.79 Å². The predicted molar refractivity (Wildman–Crippen MR) is 129 cm³/mol. The highest BCUT2D eigenvalue weighted by Crippen LogP contribution is 2.40. The maximum Gasteiger partial charge on any atom is 0.254 e. The van der Waals surface area contributed by atoms with Gasteiger partial charge in [0.15, 0.2) is 0 Å². The molecule has 1 N–H and O–H groups in total. The average Bonchev–Trinajstić information content (AvgIpc) is 3.41. The first-order valence-electron chi connectivity index (χ1n) is 11.9. The van der Waals surface area contributed by atoms with E-state index >= 15 is 0 Å². The Kier molecular flexibility index (Phi) is 5.26. The topological polar surface area (TPSA) is 86.8 Å². The lowest BCUT2D eigenvalue weighted by Gasteiger charge is -2.36. The third kappa shape index (κ3) is 3.72. The number of carbonyl (C=O) groups excluding carboxylic acids is 1. The van der Waals surface area contributed by atoms with E-state index in [1.54, 1.807) is 18.3 Å². The molecule has 3 aromatic rings. The van der Waals surface area contributed by atoms with Gasteiger partial charge in [0.25, 0.3) is 5.91 Å². The zero-order valence-corrected chi connectivity index (χ0v) is 19.5. The second-order valence-electron chi connectivity index (χ2n) is 9.53. The van der Waals surface area contributed by atoms with Crippen LogP contribution in [0.2, 0.25) is 5.02 Å². The quantitative estimate of drug-likeness (QED) is 0.600. The Labute approximate surface area is 203 Å². The second kappa shape index (κ2) is 8.44. The van der Waals surface area contributed by atoms with Crippen LogP contribution in [0.25, 0.3) is 0 Å². The van der Waals surface area contributed by atoms with Crippen molar-refractivity contribution in [2.45, 2.75) is 50.1 Å². The van der Waals surface area contributed by atoms with Crippen LogP contribution >= 0.6 is 11.6 Å². The van der Waals surface area contributed by atoms with Gasteiger partial charge in [0.05, 0.1) is 29.4 Å². The van der Waals surface area contributed by atoms with E-state index in [-0.39, 0.29) is 23.9 Å². The van der Waals surface area contributed by atoms with E-state index in [2.05, 4.69) is 32.4 Å². The van der Waals surface area contributed by atoms with Crippen molar-refractivity contribution in [1.29, 1.82) is 5.26 Å². The summed E-state index contributed by atoms with van der Waals surface area (Å²) in [6.45, 7) is 2.18. The zero-order chi connectivity index (χ0) is 23.2. The van der Waals surface area contributed by atoms with E-state index in [9.17, 15) is 10.1 Å². The molecule has 0 unspecified atom stereocenters. The number of benzene rings is 1. The molecule has 1 saturated carbocycles. The lowest BCUT2D eigenvalue weighted by atomic mass is 9.74. The zero-order valence-electron chi connectivity index (χ0n) is 18.7. The highest BCUT2D eigenvalue weighted by Gasteiger charge is 2.34. The smallest absolute Gasteiger partial charge is 0.254 e. The molecule has 1 aromatic carbocycles. The molecular weight excluding hydrogens is 448 g/mol. The number of carbonyl (C=O) groups is 1. The largest absolute Gasteiger partial charge is 0.356 e. The van der Waals surface area contributed by atoms with Gasteiger partial charge in [-0.25, -0.2) is 4.98 Å². The number of amides is 1. The molecule has 0 spiro atoms. The van der Waals surface area contributed by atoms with Crippen LogP contribution in [-0.2, 0) is 6.42 Å². The van der Waals surface area contributed by atoms with Crippen LogP contribution in [0.1, 0.15) is 70.3 Å². The van der Waals surface area contributed by atoms with Crippen molar-refractivity contribution in [2.75, 3.05) is 18.0 Å². The Morgan fingerprint density at radius 2 is 2.03 bits per heavy atom. The monoisotopic (exact) mass is 472 g/mol. The Morgan fingerprint density at radius 1 is 1.18 bits per heavy atom. The molecule has 1 amide bonds. The Hall–Kier alpha value is -3.37. The fraction of sp³-hybridized carbons (Fsp3) is 0.385. The van der Waals surface area contributed by atoms with Gasteiger partial charge in [0, 0.05) is 36.5 Å². The van der Waals surface area contributed by atoms with Gasteiger partial charge in [0.1, 0.15) is 5.82 Å². The number of nitriles is 1. The number of nitrogens with one attached hydrogen (secondary N) is 1. The lowest BCUT2D eigenvalue weighted by molar-refractivity contribution is 0.0909. The standard InChI is InChI=1S/C26H25ClN6O/c27-20-4-2-17(12-28)22(11-20)18-8-21(9-18)31-26(34)19-13-30-33(15-19)24-5-3-16-10-25(29-14-23(16)24)32-6-1-7-32/h2,4,10-11,13-15,18,21,24H,1,3,5-9H2,(H,31,34)/t18-,21+,24-/m1/s1. The van der Waals surface area contributed by atoms with Crippen LogP contribution in [0.5, 0.6) is 0 Å². The molecule has 7 nitrogen and oxygen atoms in total. The first-order valence-corrected chi connectivity index (χ1v) is 12.2. The van der Waals surface area contributed by atoms with Crippen LogP contribution in [0.4, 0.5) is 5.82 Å². The summed E-state index contributed by atoms with van der Waals surface area (Å²) in [7, 11) is 0. The van der Waals surface area contributed by atoms with Crippen molar-refractivity contribution in [3.8, 4) is 6.07 Å². The summed E-state index contributed by atoms with van der Waals surface area (Å²) in [6, 6.07) is 10.0. The van der Waals surface area contributed by atoms with Crippen LogP contribution < -0.4 is 10.2 Å². The molecule has 1 saturated heterocycles. The molecule has 2 fully saturated rings. The predicted octanol–water partition coefficient (Wildman–Crippen LogP) is 4.22. The molecule has 172 valence electrons. The number of pyridine rings is 1. The van der Waals surface area contributed by atoms with E-state index < -0.39 is 0 Å². The summed E-state index contributed by atoms with van der Waals surface area (Å²) in [5.74, 6) is 1.21. The minimum atomic E-state index is -0.106. The summed E-state index contributed by atoms with van der Waals surface area (Å²) < 4.78 is 1.90. The highest BCUT2D eigenvalue weighted by atomic mass is 35.5. The fourth-order valence-electron chi connectivity index (χ4n) is 5.31. The summed E-state index contributed by atoms with van der Waals surface area (Å²) in [5, 5.41) is 17.6. The van der Waals surface area contributed by atoms with Crippen molar-refractivity contribution in [2.24, 2.45) is 0 Å². The number of hydrogen-bond acceptors (Lipinski definition) is 5. The number of fused-ring (bicyclic) bond motifs is 1. The molecular formula is C26H25ClN6O. The molecule has 34 heavy (non-hydrogen) atoms. The van der Waals surface area contributed by atoms with Crippen molar-refractivity contribution in [3.05, 3.63) is 75.7 Å². The van der Waals surface area contributed by atoms with E-state index in [1.807, 2.05) is 23.1 Å². The maximum absolute atomic E-state index is 12.8. The Morgan fingerprint density at radius 3 is 2.79 bits per heavy atom. The number of aryl methyl sites for hydroxylation is 1. The molecule has 1 aliphatic heterocycles. The maximum atomic E-state index is 12.8. The number of rotatable bonds is 5. The number of aromatic nitrogens is 3. The van der Waals surface area contributed by atoms with Crippen LogP contribution in [-0.4, -0.2) is 39.8 Å². The third-order valence-corrected chi connectivity index (χ3v) is 7.70. The van der Waals surface area contributed by atoms with E-state index in [4.69, 9.17) is 11.6 Å². The number of nitrogens with zero attached hydrogens (tertiary/aromatic N) is 5. The van der Waals surface area contributed by atoms with Gasteiger partial charge in [-0.05, 0) is 79.0 Å². The molecule has 1 atom stereocenters. The van der Waals surface area contributed by atoms with Crippen molar-refractivity contribution in [3.63, 3.8) is 0 Å². The van der Waals surface area contributed by atoms with E-state index in [1.165, 1.54) is 17.5 Å². The lowest BCUT2D eigenvalue weighted by Crippen LogP contribution is -2.43. The third-order valence-electron chi connectivity index (χ3n) is 7.47. The minimum Gasteiger partial charge on any atom is -0.356 e. The van der Waals surface area contributed by atoms with Gasteiger partial charge in [-0.1, -0.05) is 11.6 Å². The highest BCUT2D eigenvalue weighted by molar-refractivity contribution is 6.30. The molecule has 0 bridgehead atoms. The van der Waals surface area contributed by atoms with Gasteiger partial charge >= 0.3 is 0 Å². The van der Waals surface area contributed by atoms with Crippen molar-refractivity contribution >= 4 is 23.3 Å². The summed E-state index contributed by atoms with van der Waals surface area (Å²) in [4.78, 5) is 19.8. The minimum absolute atomic E-state index is 0.0858. The van der Waals surface area contributed by atoms with Crippen molar-refractivity contribution in [1.82, 2.24) is 20.1 Å². The van der Waals surface area contributed by atoms with Gasteiger partial charge in [-0.3, -0.25) is 9.48 Å². The normalized spacial score (nSPS) is 22.9. The number of anilines is 1. The van der Waals surface area contributed by atoms with Crippen LogP contribution in [0.3, 0.4) is 0 Å². The Bertz CT molecular complexity index is 1300.